The van der Waals surface area contributed by atoms with Crippen LogP contribution in [0.1, 0.15) is 17.2 Å². The minimum atomic E-state index is -0.775. The third kappa shape index (κ3) is 4.38. The van der Waals surface area contributed by atoms with Crippen LogP contribution in [0.3, 0.4) is 0 Å². The Balaban J connectivity index is 1.60. The summed E-state index contributed by atoms with van der Waals surface area (Å²) < 4.78 is 16.1. The molecule has 2 amide bonds. The van der Waals surface area contributed by atoms with Crippen LogP contribution in [0.2, 0.25) is 0 Å². The summed E-state index contributed by atoms with van der Waals surface area (Å²) in [5.74, 6) is -0.524. The van der Waals surface area contributed by atoms with Gasteiger partial charge >= 0.3 is 11.8 Å². The molecule has 27 heavy (non-hydrogen) atoms. The third-order valence-corrected chi connectivity index (χ3v) is 4.40. The van der Waals surface area contributed by atoms with Crippen LogP contribution < -0.4 is 20.1 Å². The number of benzene rings is 2. The molecule has 0 saturated carbocycles. The van der Waals surface area contributed by atoms with E-state index >= 15 is 0 Å². The first-order valence-electron chi connectivity index (χ1n) is 8.63. The van der Waals surface area contributed by atoms with E-state index in [0.717, 1.165) is 12.0 Å². The highest BCUT2D eigenvalue weighted by atomic mass is 16.5. The first-order chi connectivity index (χ1) is 13.1. The van der Waals surface area contributed by atoms with E-state index in [1.54, 1.807) is 18.2 Å². The Morgan fingerprint density at radius 1 is 1.11 bits per heavy atom. The number of anilines is 1. The fourth-order valence-corrected chi connectivity index (χ4v) is 2.99. The fraction of sp³-hybridized carbons (Fsp3) is 0.300. The van der Waals surface area contributed by atoms with E-state index in [4.69, 9.17) is 14.2 Å². The minimum absolute atomic E-state index is 0.225. The molecule has 0 saturated heterocycles. The van der Waals surface area contributed by atoms with Crippen LogP contribution in [0.15, 0.2) is 42.5 Å². The van der Waals surface area contributed by atoms with Gasteiger partial charge in [0.2, 0.25) is 0 Å². The van der Waals surface area contributed by atoms with Crippen molar-refractivity contribution in [1.82, 2.24) is 5.32 Å². The lowest BCUT2D eigenvalue weighted by molar-refractivity contribution is -0.136. The van der Waals surface area contributed by atoms with E-state index < -0.39 is 11.8 Å². The molecule has 1 atom stereocenters. The van der Waals surface area contributed by atoms with Crippen LogP contribution in [0.5, 0.6) is 11.5 Å². The van der Waals surface area contributed by atoms with Crippen LogP contribution in [0, 0.1) is 0 Å². The Kier molecular flexibility index (Phi) is 5.93. The zero-order valence-corrected chi connectivity index (χ0v) is 15.3. The van der Waals surface area contributed by atoms with Crippen molar-refractivity contribution < 1.29 is 23.8 Å². The van der Waals surface area contributed by atoms with Crippen molar-refractivity contribution in [2.75, 3.05) is 32.7 Å². The van der Waals surface area contributed by atoms with Crippen molar-refractivity contribution in [2.45, 2.75) is 12.5 Å². The molecule has 3 rings (SSSR count). The molecule has 2 aromatic rings. The summed E-state index contributed by atoms with van der Waals surface area (Å²) in [6, 6.07) is 12.9. The Morgan fingerprint density at radius 2 is 1.93 bits per heavy atom. The summed E-state index contributed by atoms with van der Waals surface area (Å²) >= 11 is 0. The van der Waals surface area contributed by atoms with E-state index in [9.17, 15) is 9.59 Å². The number of carbonyl (C=O) groups excluding carboxylic acids is 2. The van der Waals surface area contributed by atoms with E-state index in [2.05, 4.69) is 16.7 Å². The first-order valence-corrected chi connectivity index (χ1v) is 8.63. The highest BCUT2D eigenvalue weighted by Gasteiger charge is 2.23. The molecule has 0 bridgehead atoms. The van der Waals surface area contributed by atoms with E-state index in [-0.39, 0.29) is 12.6 Å². The molecule has 0 fully saturated rings. The number of methoxy groups -OCH3 is 2. The van der Waals surface area contributed by atoms with Crippen LogP contribution >= 0.6 is 0 Å². The van der Waals surface area contributed by atoms with Gasteiger partial charge in [-0.15, -0.1) is 0 Å². The molecule has 2 N–H and O–H groups in total. The van der Waals surface area contributed by atoms with Crippen molar-refractivity contribution in [3.05, 3.63) is 53.6 Å². The number of hydrogen-bond donors (Lipinski definition) is 2. The smallest absolute Gasteiger partial charge is 0.313 e. The minimum Gasteiger partial charge on any atom is -0.497 e. The molecular weight excluding hydrogens is 348 g/mol. The number of rotatable bonds is 5. The summed E-state index contributed by atoms with van der Waals surface area (Å²) in [5, 5.41) is 5.18. The standard InChI is InChI=1S/C20H22N2O5/c1-25-14-7-8-16(17(11-14)26-2)22-20(24)19(23)21-12-18-15-6-4-3-5-13(15)9-10-27-18/h3-8,11,18H,9-10,12H2,1-2H3,(H,21,23)(H,22,24)/t18-/m1/s1. The molecule has 0 aliphatic carbocycles. The van der Waals surface area contributed by atoms with Crippen LogP contribution in [0.25, 0.3) is 0 Å². The third-order valence-electron chi connectivity index (χ3n) is 4.40. The first kappa shape index (κ1) is 18.7. The SMILES string of the molecule is COc1ccc(NC(=O)C(=O)NC[C@H]2OCCc3ccccc32)c(OC)c1. The number of carbonyl (C=O) groups is 2. The Hall–Kier alpha value is -3.06. The highest BCUT2D eigenvalue weighted by molar-refractivity contribution is 6.39. The molecule has 1 heterocycles. The van der Waals surface area contributed by atoms with Crippen molar-refractivity contribution in [2.24, 2.45) is 0 Å². The van der Waals surface area contributed by atoms with Gasteiger partial charge in [-0.25, -0.2) is 0 Å². The molecular formula is C20H22N2O5. The van der Waals surface area contributed by atoms with Crippen molar-refractivity contribution in [1.29, 1.82) is 0 Å². The predicted octanol–water partition coefficient (Wildman–Crippen LogP) is 2.07. The van der Waals surface area contributed by atoms with Crippen LogP contribution in [0.4, 0.5) is 5.69 Å². The molecule has 0 unspecified atom stereocenters. The zero-order valence-electron chi connectivity index (χ0n) is 15.3. The Morgan fingerprint density at radius 3 is 2.70 bits per heavy atom. The second kappa shape index (κ2) is 8.55. The molecule has 7 heteroatoms. The van der Waals surface area contributed by atoms with Crippen LogP contribution in [-0.2, 0) is 20.7 Å². The lowest BCUT2D eigenvalue weighted by Crippen LogP contribution is -2.39. The summed E-state index contributed by atoms with van der Waals surface area (Å²) in [6.45, 7) is 0.815. The molecule has 0 radical (unpaired) electrons. The molecule has 0 aromatic heterocycles. The molecule has 2 aromatic carbocycles. The van der Waals surface area contributed by atoms with Gasteiger partial charge in [0, 0.05) is 12.6 Å². The average Bonchev–Trinajstić information content (AvgIpc) is 2.72. The normalized spacial score (nSPS) is 15.4. The largest absolute Gasteiger partial charge is 0.497 e. The van der Waals surface area contributed by atoms with Gasteiger partial charge in [-0.05, 0) is 29.7 Å². The highest BCUT2D eigenvalue weighted by Crippen LogP contribution is 2.29. The van der Waals surface area contributed by atoms with E-state index in [0.29, 0.717) is 23.8 Å². The summed E-state index contributed by atoms with van der Waals surface area (Å²) in [5.41, 5.74) is 2.63. The Labute approximate surface area is 157 Å². The number of fused-ring (bicyclic) bond motifs is 1. The quantitative estimate of drug-likeness (QED) is 0.787. The molecule has 7 nitrogen and oxygen atoms in total. The molecule has 142 valence electrons. The maximum atomic E-state index is 12.2. The van der Waals surface area contributed by atoms with Gasteiger partial charge < -0.3 is 24.8 Å². The second-order valence-corrected chi connectivity index (χ2v) is 6.04. The van der Waals surface area contributed by atoms with E-state index in [1.165, 1.54) is 19.8 Å². The number of nitrogens with one attached hydrogen (secondary N) is 2. The topological polar surface area (TPSA) is 85.9 Å². The summed E-state index contributed by atoms with van der Waals surface area (Å²) in [6.07, 6.45) is 0.584. The fourth-order valence-electron chi connectivity index (χ4n) is 2.99. The van der Waals surface area contributed by atoms with Gasteiger partial charge in [0.05, 0.1) is 26.5 Å². The maximum Gasteiger partial charge on any atom is 0.313 e. The summed E-state index contributed by atoms with van der Waals surface area (Å²) in [4.78, 5) is 24.4. The molecule has 1 aliphatic heterocycles. The second-order valence-electron chi connectivity index (χ2n) is 6.04. The number of amides is 2. The average molecular weight is 370 g/mol. The van der Waals surface area contributed by atoms with Gasteiger partial charge in [0.15, 0.2) is 0 Å². The molecule has 1 aliphatic rings. The van der Waals surface area contributed by atoms with Crippen molar-refractivity contribution in [3.63, 3.8) is 0 Å². The van der Waals surface area contributed by atoms with Crippen molar-refractivity contribution >= 4 is 17.5 Å². The van der Waals surface area contributed by atoms with E-state index in [1.807, 2.05) is 18.2 Å². The summed E-state index contributed by atoms with van der Waals surface area (Å²) in [7, 11) is 3.01. The predicted molar refractivity (Wildman–Crippen MR) is 100 cm³/mol. The van der Waals surface area contributed by atoms with Gasteiger partial charge in [0.25, 0.3) is 0 Å². The monoisotopic (exact) mass is 370 g/mol. The van der Waals surface area contributed by atoms with Gasteiger partial charge in [-0.3, -0.25) is 9.59 Å². The number of hydrogen-bond acceptors (Lipinski definition) is 5. The lowest BCUT2D eigenvalue weighted by Gasteiger charge is -2.26. The van der Waals surface area contributed by atoms with Gasteiger partial charge in [0.1, 0.15) is 17.6 Å². The van der Waals surface area contributed by atoms with Gasteiger partial charge in [-0.2, -0.15) is 0 Å². The van der Waals surface area contributed by atoms with Crippen LogP contribution in [-0.4, -0.2) is 39.2 Å². The number of ether oxygens (including phenoxy) is 3. The Bertz CT molecular complexity index is 837. The van der Waals surface area contributed by atoms with Crippen molar-refractivity contribution in [3.8, 4) is 11.5 Å². The zero-order chi connectivity index (χ0) is 19.2. The maximum absolute atomic E-state index is 12.2. The van der Waals surface area contributed by atoms with Gasteiger partial charge in [-0.1, -0.05) is 24.3 Å². The molecule has 0 spiro atoms. The lowest BCUT2D eigenvalue weighted by atomic mass is 9.97.